The molecule has 1 aliphatic rings. The molecule has 1 aromatic heterocycles. The van der Waals surface area contributed by atoms with Crippen molar-refractivity contribution < 1.29 is 23.9 Å². The molecule has 0 saturated carbocycles. The van der Waals surface area contributed by atoms with Crippen LogP contribution in [0.25, 0.3) is 0 Å². The molecule has 9 heteroatoms. The number of thioether (sulfide) groups is 1. The van der Waals surface area contributed by atoms with Crippen molar-refractivity contribution in [2.24, 2.45) is 0 Å². The molecule has 3 rings (SSSR count). The van der Waals surface area contributed by atoms with Gasteiger partial charge in [-0.15, -0.1) is 11.8 Å². The summed E-state index contributed by atoms with van der Waals surface area (Å²) in [5.74, 6) is 0.533. The van der Waals surface area contributed by atoms with Crippen LogP contribution in [0.4, 0.5) is 5.69 Å². The van der Waals surface area contributed by atoms with Crippen molar-refractivity contribution in [3.05, 3.63) is 46.8 Å². The fraction of sp³-hybridized carbons (Fsp3) is 0.409. The molecule has 0 unspecified atom stereocenters. The zero-order chi connectivity index (χ0) is 22.7. The van der Waals surface area contributed by atoms with Gasteiger partial charge in [0.05, 0.1) is 24.7 Å². The average Bonchev–Trinajstić information content (AvgIpc) is 3.32. The minimum atomic E-state index is -0.617. The fourth-order valence-electron chi connectivity index (χ4n) is 3.45. The molecule has 166 valence electrons. The van der Waals surface area contributed by atoms with Crippen LogP contribution in [-0.4, -0.2) is 58.6 Å². The van der Waals surface area contributed by atoms with E-state index < -0.39 is 12.0 Å². The zero-order valence-corrected chi connectivity index (χ0v) is 19.1. The largest absolute Gasteiger partial charge is 0.497 e. The van der Waals surface area contributed by atoms with Gasteiger partial charge in [-0.2, -0.15) is 0 Å². The maximum Gasteiger partial charge on any atom is 0.340 e. The van der Waals surface area contributed by atoms with Crippen LogP contribution >= 0.6 is 11.8 Å². The molecule has 1 fully saturated rings. The number of hydrogen-bond acceptors (Lipinski definition) is 6. The zero-order valence-electron chi connectivity index (χ0n) is 18.3. The molecule has 1 saturated heterocycles. The number of nitrogens with one attached hydrogen (secondary N) is 2. The first kappa shape index (κ1) is 22.7. The maximum atomic E-state index is 13.3. The summed E-state index contributed by atoms with van der Waals surface area (Å²) in [6.07, 6.45) is -0.263. The Morgan fingerprint density at radius 2 is 1.87 bits per heavy atom. The first-order valence-electron chi connectivity index (χ1n) is 9.96. The fourth-order valence-corrected chi connectivity index (χ4v) is 4.60. The quantitative estimate of drug-likeness (QED) is 0.662. The standard InChI is InChI=1S/C22H27N3O5S/c1-12(2)30-22(28)18-13(3)19(23-14(18)4)21(27)25-11-31-10-17(25)20(26)24-15-6-8-16(29-5)9-7-15/h6-9,12,17,23H,10-11H2,1-5H3,(H,24,26)/t17-/m1/s1. The van der Waals surface area contributed by atoms with Crippen LogP contribution in [0.15, 0.2) is 24.3 Å². The Morgan fingerprint density at radius 1 is 1.19 bits per heavy atom. The van der Waals surface area contributed by atoms with Crippen LogP contribution in [0.1, 0.15) is 46.0 Å². The van der Waals surface area contributed by atoms with Gasteiger partial charge in [-0.25, -0.2) is 4.79 Å². The first-order valence-corrected chi connectivity index (χ1v) is 11.1. The normalized spacial score (nSPS) is 15.8. The second-order valence-corrected chi connectivity index (χ2v) is 8.59. The number of anilines is 1. The summed E-state index contributed by atoms with van der Waals surface area (Å²) in [4.78, 5) is 43.1. The van der Waals surface area contributed by atoms with E-state index in [4.69, 9.17) is 9.47 Å². The summed E-state index contributed by atoms with van der Waals surface area (Å²) < 4.78 is 10.4. The monoisotopic (exact) mass is 445 g/mol. The number of methoxy groups -OCH3 is 1. The van der Waals surface area contributed by atoms with Crippen LogP contribution in [0.2, 0.25) is 0 Å². The number of aromatic amines is 1. The van der Waals surface area contributed by atoms with E-state index in [0.717, 1.165) is 0 Å². The predicted octanol–water partition coefficient (Wildman–Crippen LogP) is 3.36. The van der Waals surface area contributed by atoms with Gasteiger partial charge in [0.15, 0.2) is 0 Å². The Balaban J connectivity index is 1.77. The molecule has 0 aliphatic carbocycles. The lowest BCUT2D eigenvalue weighted by Crippen LogP contribution is -2.44. The van der Waals surface area contributed by atoms with Crippen molar-refractivity contribution in [2.75, 3.05) is 24.1 Å². The minimum Gasteiger partial charge on any atom is -0.497 e. The number of benzene rings is 1. The Hall–Kier alpha value is -2.94. The third kappa shape index (κ3) is 4.87. The molecule has 1 aliphatic heterocycles. The summed E-state index contributed by atoms with van der Waals surface area (Å²) in [6.45, 7) is 6.99. The molecule has 2 N–H and O–H groups in total. The van der Waals surface area contributed by atoms with Gasteiger partial charge in [-0.1, -0.05) is 0 Å². The summed E-state index contributed by atoms with van der Waals surface area (Å²) in [5.41, 5.74) is 2.39. The van der Waals surface area contributed by atoms with E-state index in [0.29, 0.717) is 45.6 Å². The number of carbonyl (C=O) groups is 3. The van der Waals surface area contributed by atoms with E-state index in [2.05, 4.69) is 10.3 Å². The Kier molecular flexibility index (Phi) is 6.94. The molecule has 0 bridgehead atoms. The predicted molar refractivity (Wildman–Crippen MR) is 120 cm³/mol. The number of amides is 2. The Labute approximate surface area is 185 Å². The van der Waals surface area contributed by atoms with Crippen molar-refractivity contribution in [1.82, 2.24) is 9.88 Å². The molecule has 2 amide bonds. The van der Waals surface area contributed by atoms with Gasteiger partial charge in [0, 0.05) is 17.1 Å². The summed E-state index contributed by atoms with van der Waals surface area (Å²) in [7, 11) is 1.57. The van der Waals surface area contributed by atoms with E-state index in [1.165, 1.54) is 16.7 Å². The first-order chi connectivity index (χ1) is 14.7. The number of esters is 1. The van der Waals surface area contributed by atoms with Crippen LogP contribution in [0.5, 0.6) is 5.75 Å². The van der Waals surface area contributed by atoms with Crippen LogP contribution in [0.3, 0.4) is 0 Å². The topological polar surface area (TPSA) is 101 Å². The van der Waals surface area contributed by atoms with Crippen molar-refractivity contribution >= 4 is 35.2 Å². The highest BCUT2D eigenvalue weighted by Crippen LogP contribution is 2.27. The molecule has 1 atom stereocenters. The maximum absolute atomic E-state index is 13.3. The molecule has 1 aromatic carbocycles. The average molecular weight is 446 g/mol. The van der Waals surface area contributed by atoms with Gasteiger partial charge < -0.3 is 24.7 Å². The Bertz CT molecular complexity index is 984. The molecule has 8 nitrogen and oxygen atoms in total. The lowest BCUT2D eigenvalue weighted by Gasteiger charge is -2.23. The van der Waals surface area contributed by atoms with Crippen molar-refractivity contribution in [2.45, 2.75) is 39.8 Å². The third-order valence-corrected chi connectivity index (χ3v) is 6.01. The number of aromatic nitrogens is 1. The summed E-state index contributed by atoms with van der Waals surface area (Å²) in [6, 6.07) is 6.38. The summed E-state index contributed by atoms with van der Waals surface area (Å²) >= 11 is 1.51. The highest BCUT2D eigenvalue weighted by atomic mass is 32.2. The van der Waals surface area contributed by atoms with Gasteiger partial charge >= 0.3 is 5.97 Å². The summed E-state index contributed by atoms with van der Waals surface area (Å²) in [5, 5.41) is 2.86. The smallest absolute Gasteiger partial charge is 0.340 e. The van der Waals surface area contributed by atoms with Gasteiger partial charge in [0.1, 0.15) is 17.5 Å². The molecule has 0 radical (unpaired) electrons. The number of H-pyrrole nitrogens is 1. The lowest BCUT2D eigenvalue weighted by molar-refractivity contribution is -0.119. The lowest BCUT2D eigenvalue weighted by atomic mass is 10.1. The number of ether oxygens (including phenoxy) is 2. The number of hydrogen-bond donors (Lipinski definition) is 2. The van der Waals surface area contributed by atoms with Crippen LogP contribution in [-0.2, 0) is 9.53 Å². The molecule has 0 spiro atoms. The molecule has 2 heterocycles. The minimum absolute atomic E-state index is 0.260. The Morgan fingerprint density at radius 3 is 2.48 bits per heavy atom. The van der Waals surface area contributed by atoms with E-state index in [9.17, 15) is 14.4 Å². The number of aryl methyl sites for hydroxylation is 1. The highest BCUT2D eigenvalue weighted by Gasteiger charge is 2.37. The second-order valence-electron chi connectivity index (χ2n) is 7.59. The van der Waals surface area contributed by atoms with Gasteiger partial charge in [-0.3, -0.25) is 9.59 Å². The van der Waals surface area contributed by atoms with Gasteiger partial charge in [0.2, 0.25) is 5.91 Å². The highest BCUT2D eigenvalue weighted by molar-refractivity contribution is 7.99. The molecule has 31 heavy (non-hydrogen) atoms. The third-order valence-electron chi connectivity index (χ3n) is 5.00. The SMILES string of the molecule is COc1ccc(NC(=O)[C@H]2CSCN2C(=O)c2[nH]c(C)c(C(=O)OC(C)C)c2C)cc1. The van der Waals surface area contributed by atoms with Gasteiger partial charge in [-0.05, 0) is 57.5 Å². The number of carbonyl (C=O) groups excluding carboxylic acids is 3. The molecular formula is C22H27N3O5S. The van der Waals surface area contributed by atoms with Crippen molar-refractivity contribution in [3.8, 4) is 5.75 Å². The van der Waals surface area contributed by atoms with Crippen molar-refractivity contribution in [1.29, 1.82) is 0 Å². The van der Waals surface area contributed by atoms with E-state index in [1.807, 2.05) is 0 Å². The van der Waals surface area contributed by atoms with Crippen LogP contribution < -0.4 is 10.1 Å². The number of nitrogens with zero attached hydrogens (tertiary/aromatic N) is 1. The second kappa shape index (κ2) is 9.47. The molecule has 2 aromatic rings. The van der Waals surface area contributed by atoms with E-state index in [1.54, 1.807) is 59.1 Å². The van der Waals surface area contributed by atoms with Gasteiger partial charge in [0.25, 0.3) is 5.91 Å². The van der Waals surface area contributed by atoms with Crippen molar-refractivity contribution in [3.63, 3.8) is 0 Å². The molecular weight excluding hydrogens is 418 g/mol. The van der Waals surface area contributed by atoms with E-state index in [-0.39, 0.29) is 17.9 Å². The van der Waals surface area contributed by atoms with Crippen LogP contribution in [0, 0.1) is 13.8 Å². The van der Waals surface area contributed by atoms with E-state index >= 15 is 0 Å². The number of rotatable bonds is 6.